The molecule has 4 heteroatoms. The maximum absolute atomic E-state index is 3.07. The van der Waals surface area contributed by atoms with E-state index in [9.17, 15) is 0 Å². The second-order valence-electron chi connectivity index (χ2n) is 27.9. The summed E-state index contributed by atoms with van der Waals surface area (Å²) in [5, 5.41) is 2.73. The molecule has 1 saturated carbocycles. The topological polar surface area (TPSA) is 6.48 Å². The Balaban J connectivity index is 1.17. The number of hydrogen-bond acceptors (Lipinski definition) is 3. The van der Waals surface area contributed by atoms with E-state index < -0.39 is 0 Å². The Morgan fingerprint density at radius 1 is 0.507 bits per heavy atom. The van der Waals surface area contributed by atoms with Gasteiger partial charge in [0, 0.05) is 70.3 Å². The lowest BCUT2D eigenvalue weighted by Gasteiger charge is -2.55. The molecule has 368 valence electrons. The van der Waals surface area contributed by atoms with E-state index in [1.165, 1.54) is 148 Å². The van der Waals surface area contributed by atoms with Gasteiger partial charge in [-0.2, -0.15) is 0 Å². The minimum Gasteiger partial charge on any atom is -0.400 e. The van der Waals surface area contributed by atoms with E-state index in [-0.39, 0.29) is 44.9 Å². The smallest absolute Gasteiger partial charge is 0.328 e. The molecule has 14 rings (SSSR count). The Labute approximate surface area is 440 Å². The molecule has 2 atom stereocenters. The van der Waals surface area contributed by atoms with Gasteiger partial charge in [0.25, 0.3) is 0 Å². The van der Waals surface area contributed by atoms with Crippen LogP contribution in [-0.2, 0) is 32.5 Å². The Kier molecular flexibility index (Phi) is 9.08. The molecule has 4 heterocycles. The Morgan fingerprint density at radius 3 is 1.88 bits per heavy atom. The number of fused-ring (bicyclic) bond motifs is 15. The Hall–Kier alpha value is -5.58. The van der Waals surface area contributed by atoms with E-state index in [0.29, 0.717) is 0 Å². The molecule has 0 spiro atoms. The number of hydrogen-bond donors (Lipinski definition) is 0. The standard InChI is InChI=1S/C69H73BN2S/c1-63(2,3)41-26-27-55(44(32-41)40-22-16-15-17-23-40)71-56-36-46-45-35-51-52(66(9,10)31-30-65(51,7)8)38-49(45)67(11,12)50(46)39-54(56)70-60-57(71)37-47-43-24-18-19-25-58(43)73-62(47)59(60)48-33-42(64(4,5)6)34-53-61(48)72(70)69(14)29-21-20-28-68(53,69)13/h15-19,22-27,32-39H,20-21,28-31H2,1-14H3. The maximum Gasteiger partial charge on any atom is 0.328 e. The van der Waals surface area contributed by atoms with Crippen LogP contribution in [0.4, 0.5) is 22.7 Å². The molecule has 7 aromatic carbocycles. The monoisotopic (exact) mass is 973 g/mol. The van der Waals surface area contributed by atoms with E-state index in [1.54, 1.807) is 16.7 Å². The van der Waals surface area contributed by atoms with E-state index >= 15 is 0 Å². The van der Waals surface area contributed by atoms with E-state index in [1.807, 2.05) is 11.3 Å². The molecule has 73 heavy (non-hydrogen) atoms. The first-order valence-electron chi connectivity index (χ1n) is 27.8. The first kappa shape index (κ1) is 46.0. The van der Waals surface area contributed by atoms with Crippen LogP contribution in [0.25, 0.3) is 53.6 Å². The van der Waals surface area contributed by atoms with Gasteiger partial charge in [0.05, 0.1) is 5.69 Å². The van der Waals surface area contributed by atoms with Crippen molar-refractivity contribution in [3.8, 4) is 33.4 Å². The Bertz CT molecular complexity index is 3740. The molecule has 0 bridgehead atoms. The fraction of sp³-hybridized carbons (Fsp3) is 0.391. The van der Waals surface area contributed by atoms with E-state index in [0.717, 1.165) is 0 Å². The highest BCUT2D eigenvalue weighted by molar-refractivity contribution is 7.26. The van der Waals surface area contributed by atoms with Gasteiger partial charge in [0.2, 0.25) is 0 Å². The minimum atomic E-state index is -0.188. The third kappa shape index (κ3) is 5.94. The van der Waals surface area contributed by atoms with Crippen LogP contribution in [0.2, 0.25) is 0 Å². The molecule has 2 unspecified atom stereocenters. The van der Waals surface area contributed by atoms with Gasteiger partial charge in [-0.25, -0.2) is 0 Å². The molecule has 0 amide bonds. The summed E-state index contributed by atoms with van der Waals surface area (Å²) in [6, 6.07) is 46.8. The second kappa shape index (κ2) is 14.4. The first-order chi connectivity index (χ1) is 34.4. The van der Waals surface area contributed by atoms with E-state index in [4.69, 9.17) is 0 Å². The third-order valence-corrected chi connectivity index (χ3v) is 21.6. The average molecular weight is 973 g/mol. The van der Waals surface area contributed by atoms with Crippen molar-refractivity contribution in [2.24, 2.45) is 0 Å². The summed E-state index contributed by atoms with van der Waals surface area (Å²) in [6.45, 7) is 34.8. The largest absolute Gasteiger partial charge is 0.400 e. The van der Waals surface area contributed by atoms with Crippen LogP contribution in [0, 0.1) is 0 Å². The zero-order valence-electron chi connectivity index (χ0n) is 46.1. The minimum absolute atomic E-state index is 0.0104. The van der Waals surface area contributed by atoms with Crippen LogP contribution in [-0.4, -0.2) is 12.4 Å². The number of anilines is 4. The van der Waals surface area contributed by atoms with E-state index in [2.05, 4.69) is 222 Å². The second-order valence-corrected chi connectivity index (χ2v) is 28.9. The fourth-order valence-electron chi connectivity index (χ4n) is 15.6. The molecule has 8 aromatic rings. The lowest BCUT2D eigenvalue weighted by Crippen LogP contribution is -2.70. The van der Waals surface area contributed by atoms with Crippen molar-refractivity contribution >= 4 is 72.0 Å². The summed E-state index contributed by atoms with van der Waals surface area (Å²) in [7, 11) is 0. The van der Waals surface area contributed by atoms with Crippen LogP contribution in [0.15, 0.2) is 115 Å². The Morgan fingerprint density at radius 2 is 1.15 bits per heavy atom. The highest BCUT2D eigenvalue weighted by Gasteiger charge is 2.63. The predicted molar refractivity (Wildman–Crippen MR) is 317 cm³/mol. The number of thiophene rings is 1. The van der Waals surface area contributed by atoms with Gasteiger partial charge in [0.15, 0.2) is 0 Å². The van der Waals surface area contributed by atoms with Crippen molar-refractivity contribution in [2.45, 2.75) is 173 Å². The number of nitrogens with zero attached hydrogens (tertiary/aromatic N) is 2. The van der Waals surface area contributed by atoms with Crippen molar-refractivity contribution in [1.29, 1.82) is 0 Å². The van der Waals surface area contributed by atoms with Gasteiger partial charge in [-0.3, -0.25) is 0 Å². The van der Waals surface area contributed by atoms with Crippen molar-refractivity contribution in [2.75, 3.05) is 9.71 Å². The SMILES string of the molecule is CC(C)(C)c1ccc(N2c3cc4c(cc3B3c5c2cc2c(sc6ccccc62)c5-c2cc(C(C)(C)C)cc5c2N3C2(C)CCCCC52C)C(C)(C)c2cc3c(cc2-4)C(C)(C)CCC3(C)C)c(-c2ccccc2)c1. The molecule has 0 saturated heterocycles. The van der Waals surface area contributed by atoms with Crippen LogP contribution < -0.4 is 20.6 Å². The van der Waals surface area contributed by atoms with Crippen LogP contribution in [0.5, 0.6) is 0 Å². The van der Waals surface area contributed by atoms with Crippen LogP contribution in [0.3, 0.4) is 0 Å². The molecule has 1 fully saturated rings. The summed E-state index contributed by atoms with van der Waals surface area (Å²) >= 11 is 2.02. The van der Waals surface area contributed by atoms with Crippen molar-refractivity contribution < 1.29 is 0 Å². The van der Waals surface area contributed by atoms with Crippen molar-refractivity contribution in [3.05, 3.63) is 154 Å². The number of benzene rings is 7. The summed E-state index contributed by atoms with van der Waals surface area (Å²) < 4.78 is 2.80. The average Bonchev–Trinajstić information content (AvgIpc) is 3.90. The highest BCUT2D eigenvalue weighted by atomic mass is 32.1. The molecular formula is C69H73BN2S. The lowest BCUT2D eigenvalue weighted by molar-refractivity contribution is 0.199. The molecule has 6 aliphatic rings. The van der Waals surface area contributed by atoms with Crippen LogP contribution >= 0.6 is 11.3 Å². The quantitative estimate of drug-likeness (QED) is 0.159. The molecule has 0 radical (unpaired) electrons. The third-order valence-electron chi connectivity index (χ3n) is 20.4. The summed E-state index contributed by atoms with van der Waals surface area (Å²) in [4.78, 5) is 5.84. The molecule has 0 N–H and O–H groups in total. The zero-order valence-corrected chi connectivity index (χ0v) is 46.9. The molecule has 3 aliphatic carbocycles. The van der Waals surface area contributed by atoms with Gasteiger partial charge in [0.1, 0.15) is 0 Å². The van der Waals surface area contributed by atoms with Gasteiger partial charge >= 0.3 is 6.85 Å². The van der Waals surface area contributed by atoms with Gasteiger partial charge < -0.3 is 9.71 Å². The fourth-order valence-corrected chi connectivity index (χ4v) is 16.9. The van der Waals surface area contributed by atoms with Gasteiger partial charge in [-0.15, -0.1) is 11.3 Å². The molecule has 1 aromatic heterocycles. The summed E-state index contributed by atoms with van der Waals surface area (Å²) in [5.74, 6) is 0. The van der Waals surface area contributed by atoms with Crippen molar-refractivity contribution in [1.82, 2.24) is 0 Å². The predicted octanol–water partition coefficient (Wildman–Crippen LogP) is 18.0. The summed E-state index contributed by atoms with van der Waals surface area (Å²) in [5.41, 5.74) is 27.0. The van der Waals surface area contributed by atoms with Crippen molar-refractivity contribution in [3.63, 3.8) is 0 Å². The first-order valence-corrected chi connectivity index (χ1v) is 28.6. The molecule has 2 nitrogen and oxygen atoms in total. The lowest BCUT2D eigenvalue weighted by atomic mass is 9.41. The zero-order chi connectivity index (χ0) is 50.9. The van der Waals surface area contributed by atoms with Gasteiger partial charge in [-0.1, -0.05) is 176 Å². The van der Waals surface area contributed by atoms with Gasteiger partial charge in [-0.05, 0) is 163 Å². The normalized spacial score (nSPS) is 22.4. The summed E-state index contributed by atoms with van der Waals surface area (Å²) in [6.07, 6.45) is 7.32. The highest BCUT2D eigenvalue weighted by Crippen LogP contribution is 2.65. The molecular weight excluding hydrogens is 900 g/mol. The maximum atomic E-state index is 3.07. The number of rotatable bonds is 2. The van der Waals surface area contributed by atoms with Crippen LogP contribution in [0.1, 0.15) is 174 Å². The molecule has 3 aliphatic heterocycles.